The summed E-state index contributed by atoms with van der Waals surface area (Å²) < 4.78 is 37.5. The smallest absolute Gasteiger partial charge is 0.253 e. The van der Waals surface area contributed by atoms with Crippen molar-refractivity contribution in [2.24, 2.45) is 5.14 Å². The van der Waals surface area contributed by atoms with Crippen molar-refractivity contribution in [2.45, 2.75) is 18.4 Å². The molecule has 3 aromatic carbocycles. The van der Waals surface area contributed by atoms with Crippen LogP contribution in [0.1, 0.15) is 21.5 Å². The number of amides is 1. The van der Waals surface area contributed by atoms with Gasteiger partial charge >= 0.3 is 0 Å². The Balaban J connectivity index is 1.77. The van der Waals surface area contributed by atoms with Crippen LogP contribution in [-0.4, -0.2) is 14.3 Å². The third kappa shape index (κ3) is 5.55. The van der Waals surface area contributed by atoms with E-state index in [1.54, 1.807) is 12.1 Å². The van der Waals surface area contributed by atoms with Crippen LogP contribution in [0.2, 0.25) is 0 Å². The van der Waals surface area contributed by atoms with Gasteiger partial charge in [0.2, 0.25) is 10.0 Å². The highest BCUT2D eigenvalue weighted by Crippen LogP contribution is 2.25. The Hall–Kier alpha value is -2.50. The van der Waals surface area contributed by atoms with E-state index < -0.39 is 21.7 Å². The van der Waals surface area contributed by atoms with E-state index in [1.807, 2.05) is 25.1 Å². The van der Waals surface area contributed by atoms with Gasteiger partial charge in [0, 0.05) is 15.8 Å². The number of sulfonamides is 1. The summed E-state index contributed by atoms with van der Waals surface area (Å²) in [7, 11) is -3.78. The molecule has 0 saturated heterocycles. The number of primary sulfonamides is 1. The number of nitrogens with one attached hydrogen (secondary N) is 2. The lowest BCUT2D eigenvalue weighted by Crippen LogP contribution is -2.24. The molecular weight excluding hydrogens is 520 g/mol. The van der Waals surface area contributed by atoms with Crippen LogP contribution in [0, 0.1) is 16.3 Å². The molecule has 0 aliphatic rings. The van der Waals surface area contributed by atoms with Gasteiger partial charge < -0.3 is 10.6 Å². The van der Waals surface area contributed by atoms with Gasteiger partial charge in [0.25, 0.3) is 5.91 Å². The zero-order valence-electron chi connectivity index (χ0n) is 15.9. The number of nitrogens with two attached hydrogens (primary N) is 1. The van der Waals surface area contributed by atoms with Crippen molar-refractivity contribution in [2.75, 3.05) is 5.32 Å². The third-order valence-electron chi connectivity index (χ3n) is 4.39. The van der Waals surface area contributed by atoms with Crippen molar-refractivity contribution < 1.29 is 17.6 Å². The molecule has 6 nitrogen and oxygen atoms in total. The van der Waals surface area contributed by atoms with Crippen LogP contribution >= 0.6 is 22.6 Å². The van der Waals surface area contributed by atoms with Crippen LogP contribution in [0.3, 0.4) is 0 Å². The van der Waals surface area contributed by atoms with E-state index in [-0.39, 0.29) is 17.0 Å². The van der Waals surface area contributed by atoms with Crippen LogP contribution in [0.25, 0.3) is 0 Å². The molecule has 0 radical (unpaired) electrons. The highest BCUT2D eigenvalue weighted by molar-refractivity contribution is 14.1. The first-order chi connectivity index (χ1) is 14.1. The second-order valence-corrected chi connectivity index (χ2v) is 9.45. The molecule has 0 fully saturated rings. The second-order valence-electron chi connectivity index (χ2n) is 6.65. The predicted octanol–water partition coefficient (Wildman–Crippen LogP) is 4.06. The molecule has 3 rings (SSSR count). The van der Waals surface area contributed by atoms with Gasteiger partial charge in [-0.2, -0.15) is 0 Å². The van der Waals surface area contributed by atoms with E-state index in [9.17, 15) is 17.6 Å². The van der Waals surface area contributed by atoms with Crippen LogP contribution in [0.5, 0.6) is 0 Å². The molecule has 156 valence electrons. The van der Waals surface area contributed by atoms with Crippen LogP contribution in [-0.2, 0) is 16.6 Å². The van der Waals surface area contributed by atoms with E-state index in [4.69, 9.17) is 5.14 Å². The Morgan fingerprint density at radius 1 is 1.03 bits per heavy atom. The number of anilines is 2. The fraction of sp³-hybridized carbons (Fsp3) is 0.0952. The fourth-order valence-electron chi connectivity index (χ4n) is 2.80. The molecule has 3 aromatic rings. The van der Waals surface area contributed by atoms with Crippen LogP contribution in [0.15, 0.2) is 65.6 Å². The first-order valence-electron chi connectivity index (χ1n) is 8.86. The predicted molar refractivity (Wildman–Crippen MR) is 123 cm³/mol. The lowest BCUT2D eigenvalue weighted by Gasteiger charge is -2.14. The molecule has 1 amide bonds. The monoisotopic (exact) mass is 539 g/mol. The molecule has 0 aliphatic carbocycles. The summed E-state index contributed by atoms with van der Waals surface area (Å²) in [4.78, 5) is 12.7. The first-order valence-corrected chi connectivity index (χ1v) is 11.5. The maximum absolute atomic E-state index is 13.8. The molecule has 9 heteroatoms. The van der Waals surface area contributed by atoms with Gasteiger partial charge in [0.1, 0.15) is 5.82 Å². The normalized spacial score (nSPS) is 11.2. The molecule has 0 aliphatic heterocycles. The summed E-state index contributed by atoms with van der Waals surface area (Å²) in [5.74, 6) is -0.988. The lowest BCUT2D eigenvalue weighted by molar-refractivity contribution is 0.0951. The average molecular weight is 539 g/mol. The Kier molecular flexibility index (Phi) is 6.74. The SMILES string of the molecule is Cc1cc(I)ccc1Nc1ccc(F)cc1C(=O)NCc1ccc(S(N)(=O)=O)cc1. The van der Waals surface area contributed by atoms with E-state index in [0.29, 0.717) is 11.3 Å². The molecule has 4 N–H and O–H groups in total. The highest BCUT2D eigenvalue weighted by Gasteiger charge is 2.14. The summed E-state index contributed by atoms with van der Waals surface area (Å²) in [5, 5.41) is 11.0. The largest absolute Gasteiger partial charge is 0.355 e. The fourth-order valence-corrected chi connectivity index (χ4v) is 3.96. The molecule has 0 saturated carbocycles. The Bertz CT molecular complexity index is 1200. The number of hydrogen-bond donors (Lipinski definition) is 3. The number of aryl methyl sites for hydroxylation is 1. The number of rotatable bonds is 6. The lowest BCUT2D eigenvalue weighted by atomic mass is 10.1. The zero-order valence-corrected chi connectivity index (χ0v) is 18.9. The van der Waals surface area contributed by atoms with E-state index in [1.165, 1.54) is 30.3 Å². The summed E-state index contributed by atoms with van der Waals surface area (Å²) >= 11 is 2.22. The van der Waals surface area contributed by atoms with E-state index in [0.717, 1.165) is 14.8 Å². The van der Waals surface area contributed by atoms with Crippen molar-refractivity contribution in [1.29, 1.82) is 0 Å². The molecule has 0 spiro atoms. The van der Waals surface area contributed by atoms with Gasteiger partial charge in [0.05, 0.1) is 16.1 Å². The molecule has 0 aromatic heterocycles. The molecule has 0 atom stereocenters. The summed E-state index contributed by atoms with van der Waals surface area (Å²) in [6.07, 6.45) is 0. The number of hydrogen-bond acceptors (Lipinski definition) is 4. The van der Waals surface area contributed by atoms with E-state index >= 15 is 0 Å². The Morgan fingerprint density at radius 2 is 1.70 bits per heavy atom. The molecule has 0 unspecified atom stereocenters. The van der Waals surface area contributed by atoms with Gasteiger partial charge in [-0.1, -0.05) is 12.1 Å². The van der Waals surface area contributed by atoms with Gasteiger partial charge in [-0.15, -0.1) is 0 Å². The summed E-state index contributed by atoms with van der Waals surface area (Å²) in [5.41, 5.74) is 3.12. The van der Waals surface area contributed by atoms with Crippen molar-refractivity contribution >= 4 is 49.9 Å². The Morgan fingerprint density at radius 3 is 2.33 bits per heavy atom. The number of carbonyl (C=O) groups excluding carboxylic acids is 1. The number of benzene rings is 3. The second kappa shape index (κ2) is 9.11. The molecule has 30 heavy (non-hydrogen) atoms. The quantitative estimate of drug-likeness (QED) is 0.412. The summed E-state index contributed by atoms with van der Waals surface area (Å²) in [6.45, 7) is 2.08. The average Bonchev–Trinajstić information content (AvgIpc) is 2.69. The third-order valence-corrected chi connectivity index (χ3v) is 5.99. The first kappa shape index (κ1) is 22.2. The van der Waals surface area contributed by atoms with Crippen LogP contribution in [0.4, 0.5) is 15.8 Å². The topological polar surface area (TPSA) is 101 Å². The van der Waals surface area contributed by atoms with Gasteiger partial charge in [-0.05, 0) is 89.2 Å². The van der Waals surface area contributed by atoms with Crippen molar-refractivity contribution in [1.82, 2.24) is 5.32 Å². The minimum atomic E-state index is -3.78. The molecule has 0 bridgehead atoms. The van der Waals surface area contributed by atoms with Crippen molar-refractivity contribution in [3.63, 3.8) is 0 Å². The Labute approximate surface area is 187 Å². The molecule has 0 heterocycles. The summed E-state index contributed by atoms with van der Waals surface area (Å²) in [6, 6.07) is 15.6. The van der Waals surface area contributed by atoms with Crippen molar-refractivity contribution in [3.05, 3.63) is 86.7 Å². The zero-order chi connectivity index (χ0) is 21.9. The minimum absolute atomic E-state index is 0.0120. The van der Waals surface area contributed by atoms with E-state index in [2.05, 4.69) is 33.2 Å². The number of halogens is 2. The highest BCUT2D eigenvalue weighted by atomic mass is 127. The maximum Gasteiger partial charge on any atom is 0.253 e. The standard InChI is InChI=1S/C21H19FIN3O3S/c1-13-10-16(23)5-9-19(13)26-20-8-4-15(22)11-18(20)21(27)25-12-14-2-6-17(7-3-14)30(24,28)29/h2-11,26H,12H2,1H3,(H,25,27)(H2,24,28,29). The van der Waals surface area contributed by atoms with Crippen molar-refractivity contribution in [3.8, 4) is 0 Å². The van der Waals surface area contributed by atoms with Gasteiger partial charge in [-0.25, -0.2) is 17.9 Å². The molecular formula is C21H19FIN3O3S. The maximum atomic E-state index is 13.8. The number of carbonyl (C=O) groups is 1. The van der Waals surface area contributed by atoms with Gasteiger partial charge in [-0.3, -0.25) is 4.79 Å². The van der Waals surface area contributed by atoms with Gasteiger partial charge in [0.15, 0.2) is 0 Å². The van der Waals surface area contributed by atoms with Crippen LogP contribution < -0.4 is 15.8 Å². The minimum Gasteiger partial charge on any atom is -0.355 e.